The molecule has 1 aliphatic rings. The third-order valence-corrected chi connectivity index (χ3v) is 10.8. The van der Waals surface area contributed by atoms with E-state index in [2.05, 4.69) is 159 Å². The summed E-state index contributed by atoms with van der Waals surface area (Å²) in [5.41, 5.74) is 13.1. The van der Waals surface area contributed by atoms with Crippen LogP contribution in [0.3, 0.4) is 0 Å². The fourth-order valence-corrected chi connectivity index (χ4v) is 7.40. The van der Waals surface area contributed by atoms with Gasteiger partial charge in [0.1, 0.15) is 24.7 Å². The Kier molecular flexibility index (Phi) is 15.7. The maximum atomic E-state index is 6.06. The minimum absolute atomic E-state index is 0. The Morgan fingerprint density at radius 2 is 1.11 bits per heavy atom. The van der Waals surface area contributed by atoms with Crippen molar-refractivity contribution in [2.75, 3.05) is 0 Å². The second kappa shape index (κ2) is 20.8. The van der Waals surface area contributed by atoms with Gasteiger partial charge in [0.05, 0.1) is 0 Å². The number of ether oxygens (including phenoxy) is 2. The molecule has 0 spiro atoms. The molecule has 0 saturated heterocycles. The molecule has 0 N–H and O–H groups in total. The van der Waals surface area contributed by atoms with Gasteiger partial charge in [0.15, 0.2) is 0 Å². The number of aryl methyl sites for hydroxylation is 2. The molecule has 0 amide bonds. The van der Waals surface area contributed by atoms with Crippen LogP contribution in [0.2, 0.25) is 0 Å². The topological polar surface area (TPSA) is 18.5 Å². The standard InChI is InChI=1S/C23H19O2.C15H13.C13H10.2ClH.Zr/c1-3-8-18(9-4-1)16-24-22-14-20-12-7-13-21(20)15-23(22)25-17-19-10-5-2-6-11-19;1-10-3-5-14-12(7-10)9-13-8-11(2)4-6-15(13)14;1-3-7-12(8-4-1)11-13-9-5-2-6-10-13;;;/h1-15H,16-17H2;3-7H,9H2,1-2H3;1-10H;2*1H;/q2*-1;;;;+2/p-2. The molecule has 8 aromatic carbocycles. The summed E-state index contributed by atoms with van der Waals surface area (Å²) in [5.74, 6) is 1.55. The minimum atomic E-state index is 0. The van der Waals surface area contributed by atoms with Crippen molar-refractivity contribution >= 4 is 14.0 Å². The summed E-state index contributed by atoms with van der Waals surface area (Å²) in [7, 11) is 0. The molecule has 0 unspecified atom stereocenters. The van der Waals surface area contributed by atoms with Crippen LogP contribution < -0.4 is 34.3 Å². The molecule has 0 aliphatic heterocycles. The minimum Gasteiger partial charge on any atom is -0.495 e. The van der Waals surface area contributed by atoms with Crippen LogP contribution in [0.1, 0.15) is 44.5 Å². The van der Waals surface area contributed by atoms with Crippen LogP contribution in [0, 0.1) is 19.9 Å². The first kappa shape index (κ1) is 42.2. The van der Waals surface area contributed by atoms with E-state index < -0.39 is 0 Å². The van der Waals surface area contributed by atoms with Gasteiger partial charge in [0.25, 0.3) is 0 Å². The molecule has 56 heavy (non-hydrogen) atoms. The summed E-state index contributed by atoms with van der Waals surface area (Å²) in [6, 6.07) is 66.3. The van der Waals surface area contributed by atoms with Crippen LogP contribution in [-0.2, 0) is 43.9 Å². The maximum Gasteiger partial charge on any atom is 0.142 e. The van der Waals surface area contributed by atoms with Gasteiger partial charge in [0.2, 0.25) is 0 Å². The zero-order chi connectivity index (χ0) is 37.1. The maximum absolute atomic E-state index is 6.06. The molecule has 0 heterocycles. The van der Waals surface area contributed by atoms with Crippen molar-refractivity contribution in [3.05, 3.63) is 233 Å². The molecule has 278 valence electrons. The fraction of sp³-hybridized carbons (Fsp3) is 0.0980. The first-order valence-electron chi connectivity index (χ1n) is 18.3. The Balaban J connectivity index is 0.000000168. The van der Waals surface area contributed by atoms with E-state index in [1.165, 1.54) is 71.9 Å². The van der Waals surface area contributed by atoms with E-state index in [4.69, 9.17) is 9.47 Å². The molecular weight excluding hydrogens is 807 g/mol. The average Bonchev–Trinajstić information content (AvgIpc) is 3.83. The van der Waals surface area contributed by atoms with Crippen LogP contribution in [0.4, 0.5) is 0 Å². The summed E-state index contributed by atoms with van der Waals surface area (Å²) in [6.45, 7) is 5.30. The van der Waals surface area contributed by atoms with Gasteiger partial charge in [-0.05, 0) is 30.0 Å². The molecule has 9 rings (SSSR count). The second-order valence-electron chi connectivity index (χ2n) is 13.5. The first-order valence-corrected chi connectivity index (χ1v) is 19.6. The normalized spacial score (nSPS) is 10.6. The Labute approximate surface area is 358 Å². The van der Waals surface area contributed by atoms with Gasteiger partial charge in [-0.15, -0.1) is 28.0 Å². The van der Waals surface area contributed by atoms with E-state index in [1.807, 2.05) is 42.5 Å². The van der Waals surface area contributed by atoms with Gasteiger partial charge in [-0.3, -0.25) is 0 Å². The first-order chi connectivity index (χ1) is 26.5. The van der Waals surface area contributed by atoms with Crippen molar-refractivity contribution in [3.8, 4) is 22.6 Å². The second-order valence-corrected chi connectivity index (χ2v) is 14.7. The van der Waals surface area contributed by atoms with E-state index in [1.54, 1.807) is 0 Å². The van der Waals surface area contributed by atoms with E-state index in [9.17, 15) is 0 Å². The van der Waals surface area contributed by atoms with Crippen molar-refractivity contribution in [2.45, 2.75) is 33.5 Å². The molecule has 8 aromatic rings. The number of fused-ring (bicyclic) bond motifs is 4. The van der Waals surface area contributed by atoms with E-state index in [0.717, 1.165) is 39.8 Å². The Bertz CT molecular complexity index is 2280. The molecule has 0 bridgehead atoms. The van der Waals surface area contributed by atoms with Crippen LogP contribution in [0.5, 0.6) is 11.5 Å². The van der Waals surface area contributed by atoms with E-state index in [0.29, 0.717) is 13.2 Å². The number of rotatable bonds is 8. The van der Waals surface area contributed by atoms with E-state index in [-0.39, 0.29) is 24.8 Å². The largest absolute Gasteiger partial charge is 0.495 e. The number of halogens is 2. The summed E-state index contributed by atoms with van der Waals surface area (Å²) >= 11 is 1.46. The third kappa shape index (κ3) is 11.1. The molecule has 0 fully saturated rings. The van der Waals surface area contributed by atoms with Gasteiger partial charge in [0, 0.05) is 0 Å². The quantitative estimate of drug-likeness (QED) is 0.170. The molecule has 1 aliphatic carbocycles. The monoisotopic (exact) mass is 846 g/mol. The summed E-state index contributed by atoms with van der Waals surface area (Å²) in [5, 5.41) is 2.32. The van der Waals surface area contributed by atoms with Gasteiger partial charge >= 0.3 is 99.2 Å². The van der Waals surface area contributed by atoms with Crippen molar-refractivity contribution in [3.63, 3.8) is 0 Å². The third-order valence-electron chi connectivity index (χ3n) is 9.39. The Hall–Kier alpha value is -4.92. The smallest absolute Gasteiger partial charge is 0.142 e. The summed E-state index contributed by atoms with van der Waals surface area (Å²) < 4.78 is 13.5. The van der Waals surface area contributed by atoms with Crippen LogP contribution in [0.25, 0.3) is 21.9 Å². The predicted octanol–water partition coefficient (Wildman–Crippen LogP) is 6.20. The van der Waals surface area contributed by atoms with Gasteiger partial charge in [-0.2, -0.15) is 35.9 Å². The zero-order valence-corrected chi connectivity index (χ0v) is 35.5. The fourth-order valence-electron chi connectivity index (χ4n) is 6.58. The summed E-state index contributed by atoms with van der Waals surface area (Å²) in [4.78, 5) is 0. The molecule has 0 saturated carbocycles. The van der Waals surface area contributed by atoms with Gasteiger partial charge in [-0.25, -0.2) is 0 Å². The predicted molar refractivity (Wildman–Crippen MR) is 220 cm³/mol. The number of hydrogen-bond donors (Lipinski definition) is 0. The molecule has 2 nitrogen and oxygen atoms in total. The zero-order valence-electron chi connectivity index (χ0n) is 31.5. The van der Waals surface area contributed by atoms with Gasteiger partial charge in [-0.1, -0.05) is 109 Å². The molecule has 0 atom stereocenters. The van der Waals surface area contributed by atoms with Crippen molar-refractivity contribution in [2.24, 2.45) is 0 Å². The Morgan fingerprint density at radius 3 is 1.68 bits per heavy atom. The van der Waals surface area contributed by atoms with E-state index >= 15 is 0 Å². The average molecular weight is 849 g/mol. The Morgan fingerprint density at radius 1 is 0.589 bits per heavy atom. The molecule has 5 heteroatoms. The van der Waals surface area contributed by atoms with Crippen LogP contribution >= 0.6 is 0 Å². The molecule has 0 radical (unpaired) electrons. The molecule has 0 aromatic heterocycles. The van der Waals surface area contributed by atoms with Crippen LogP contribution in [-0.4, -0.2) is 3.21 Å². The van der Waals surface area contributed by atoms with Crippen molar-refractivity contribution < 1.29 is 58.5 Å². The van der Waals surface area contributed by atoms with Gasteiger partial charge < -0.3 is 34.3 Å². The van der Waals surface area contributed by atoms with Crippen LogP contribution in [0.15, 0.2) is 182 Å². The number of benzene rings is 7. The van der Waals surface area contributed by atoms with Crippen molar-refractivity contribution in [1.82, 2.24) is 0 Å². The summed E-state index contributed by atoms with van der Waals surface area (Å²) in [6.07, 6.45) is 1.05. The van der Waals surface area contributed by atoms with Crippen molar-refractivity contribution in [1.29, 1.82) is 0 Å². The SMILES string of the molecule is Cc1[c-]c2c(cc1)-c1ccc(C)cc1C2.[Cl-].[Cl-].[Zr+2]=[C](c1ccccc1)c1ccccc1.c1ccc(COc2cc3cc[cH-]c3cc2OCc2ccccc2)cc1. The molecular formula is C51H42Cl2O2Zr-2. The number of hydrogen-bond acceptors (Lipinski definition) is 2.